The van der Waals surface area contributed by atoms with Gasteiger partial charge >= 0.3 is 0 Å². The standard InChI is InChI=1S/C10H12O3/c1-6-8-5-13-10(8,2)7(4-11)9(6)12-3/h4H,5H2,1-3H3. The fraction of sp³-hybridized carbons (Fsp3) is 0.500. The summed E-state index contributed by atoms with van der Waals surface area (Å²) in [5, 5.41) is 0. The first-order valence-corrected chi connectivity index (χ1v) is 4.23. The van der Waals surface area contributed by atoms with E-state index < -0.39 is 5.60 Å². The van der Waals surface area contributed by atoms with Crippen LogP contribution in [0.1, 0.15) is 13.8 Å². The molecule has 0 spiro atoms. The molecule has 1 fully saturated rings. The minimum absolute atomic E-state index is 0.489. The van der Waals surface area contributed by atoms with Crippen molar-refractivity contribution in [2.24, 2.45) is 0 Å². The summed E-state index contributed by atoms with van der Waals surface area (Å²) >= 11 is 0. The number of carbonyl (C=O) groups is 1. The lowest BCUT2D eigenvalue weighted by Gasteiger charge is -2.38. The molecule has 1 unspecified atom stereocenters. The Morgan fingerprint density at radius 3 is 2.69 bits per heavy atom. The Bertz CT molecular complexity index is 338. The monoisotopic (exact) mass is 180 g/mol. The Morgan fingerprint density at radius 2 is 2.31 bits per heavy atom. The van der Waals surface area contributed by atoms with Gasteiger partial charge < -0.3 is 9.47 Å². The third-order valence-corrected chi connectivity index (χ3v) is 2.95. The number of carbonyl (C=O) groups excluding carboxylic acids is 1. The molecule has 3 heteroatoms. The van der Waals surface area contributed by atoms with Crippen molar-refractivity contribution in [3.63, 3.8) is 0 Å². The van der Waals surface area contributed by atoms with Gasteiger partial charge in [0, 0.05) is 0 Å². The van der Waals surface area contributed by atoms with E-state index >= 15 is 0 Å². The number of hydrogen-bond acceptors (Lipinski definition) is 3. The molecular weight excluding hydrogens is 168 g/mol. The van der Waals surface area contributed by atoms with Gasteiger partial charge in [-0.25, -0.2) is 0 Å². The average Bonchev–Trinajstić information content (AvgIpc) is 2.22. The van der Waals surface area contributed by atoms with E-state index in [9.17, 15) is 4.79 Å². The maximum Gasteiger partial charge on any atom is 0.153 e. The third-order valence-electron chi connectivity index (χ3n) is 2.95. The van der Waals surface area contributed by atoms with Crippen molar-refractivity contribution in [2.75, 3.05) is 13.7 Å². The molecule has 0 aromatic heterocycles. The largest absolute Gasteiger partial charge is 0.496 e. The zero-order chi connectivity index (χ0) is 9.64. The summed E-state index contributed by atoms with van der Waals surface area (Å²) in [7, 11) is 1.58. The highest BCUT2D eigenvalue weighted by Gasteiger charge is 2.50. The molecule has 13 heavy (non-hydrogen) atoms. The molecule has 2 rings (SSSR count). The summed E-state index contributed by atoms with van der Waals surface area (Å²) in [5.41, 5.74) is 2.36. The number of ether oxygens (including phenoxy) is 2. The average molecular weight is 180 g/mol. The molecule has 0 aromatic carbocycles. The SMILES string of the molecule is COC1=C(C=O)C2(C)OCC2=C1C. The summed E-state index contributed by atoms with van der Waals surface area (Å²) in [5.74, 6) is 0.685. The van der Waals surface area contributed by atoms with Crippen molar-refractivity contribution in [3.05, 3.63) is 22.5 Å². The highest BCUT2D eigenvalue weighted by molar-refractivity contribution is 5.84. The summed E-state index contributed by atoms with van der Waals surface area (Å²) in [6.07, 6.45) is 0.828. The minimum atomic E-state index is -0.489. The van der Waals surface area contributed by atoms with Crippen LogP contribution in [0.15, 0.2) is 22.5 Å². The van der Waals surface area contributed by atoms with Crippen LogP contribution in [-0.2, 0) is 14.3 Å². The predicted molar refractivity (Wildman–Crippen MR) is 47.2 cm³/mol. The zero-order valence-electron chi connectivity index (χ0n) is 8.01. The lowest BCUT2D eigenvalue weighted by molar-refractivity contribution is -0.109. The van der Waals surface area contributed by atoms with Gasteiger partial charge in [0.2, 0.25) is 0 Å². The van der Waals surface area contributed by atoms with Gasteiger partial charge in [-0.15, -0.1) is 0 Å². The maximum atomic E-state index is 10.9. The van der Waals surface area contributed by atoms with Gasteiger partial charge in [0.1, 0.15) is 11.4 Å². The van der Waals surface area contributed by atoms with Crippen LogP contribution < -0.4 is 0 Å². The fourth-order valence-electron chi connectivity index (χ4n) is 2.05. The van der Waals surface area contributed by atoms with Gasteiger partial charge in [-0.3, -0.25) is 4.79 Å². The summed E-state index contributed by atoms with van der Waals surface area (Å²) < 4.78 is 10.6. The Hall–Kier alpha value is -1.09. The first kappa shape index (κ1) is 8.51. The number of aldehydes is 1. The highest BCUT2D eigenvalue weighted by Crippen LogP contribution is 2.48. The zero-order valence-corrected chi connectivity index (χ0v) is 8.01. The Kier molecular flexibility index (Phi) is 1.60. The van der Waals surface area contributed by atoms with Crippen molar-refractivity contribution in [1.82, 2.24) is 0 Å². The second kappa shape index (κ2) is 2.45. The van der Waals surface area contributed by atoms with E-state index in [1.54, 1.807) is 7.11 Å². The molecule has 0 N–H and O–H groups in total. The smallest absolute Gasteiger partial charge is 0.153 e. The van der Waals surface area contributed by atoms with Crippen LogP contribution in [0.4, 0.5) is 0 Å². The van der Waals surface area contributed by atoms with Crippen LogP contribution in [-0.4, -0.2) is 25.6 Å². The van der Waals surface area contributed by atoms with Crippen molar-refractivity contribution in [1.29, 1.82) is 0 Å². The molecule has 0 radical (unpaired) electrons. The summed E-state index contributed by atoms with van der Waals surface area (Å²) in [6, 6.07) is 0. The molecule has 0 aromatic rings. The number of hydrogen-bond donors (Lipinski definition) is 0. The topological polar surface area (TPSA) is 35.5 Å². The quantitative estimate of drug-likeness (QED) is 0.599. The molecule has 1 saturated heterocycles. The molecular formula is C10H12O3. The summed E-state index contributed by atoms with van der Waals surface area (Å²) in [4.78, 5) is 10.9. The molecule has 1 aliphatic carbocycles. The van der Waals surface area contributed by atoms with Crippen LogP contribution in [0.2, 0.25) is 0 Å². The van der Waals surface area contributed by atoms with E-state index in [2.05, 4.69) is 0 Å². The molecule has 1 atom stereocenters. The number of fused-ring (bicyclic) bond motifs is 1. The predicted octanol–water partition coefficient (Wildman–Crippen LogP) is 1.20. The van der Waals surface area contributed by atoms with Gasteiger partial charge in [0.05, 0.1) is 19.3 Å². The van der Waals surface area contributed by atoms with Crippen molar-refractivity contribution >= 4 is 6.29 Å². The van der Waals surface area contributed by atoms with Crippen molar-refractivity contribution in [2.45, 2.75) is 19.4 Å². The van der Waals surface area contributed by atoms with E-state index in [0.717, 1.165) is 11.9 Å². The van der Waals surface area contributed by atoms with E-state index in [1.165, 1.54) is 5.57 Å². The van der Waals surface area contributed by atoms with Crippen LogP contribution in [0.5, 0.6) is 0 Å². The minimum Gasteiger partial charge on any atom is -0.496 e. The molecule has 1 aliphatic heterocycles. The normalized spacial score (nSPS) is 31.6. The first-order chi connectivity index (χ1) is 6.15. The van der Waals surface area contributed by atoms with Gasteiger partial charge in [-0.05, 0) is 25.0 Å². The molecule has 0 saturated carbocycles. The summed E-state index contributed by atoms with van der Waals surface area (Å²) in [6.45, 7) is 4.49. The number of rotatable bonds is 2. The third kappa shape index (κ3) is 0.800. The lowest BCUT2D eigenvalue weighted by atomic mass is 9.87. The number of allylic oxidation sites excluding steroid dienone is 1. The molecule has 2 aliphatic rings. The van der Waals surface area contributed by atoms with Gasteiger partial charge in [-0.1, -0.05) is 0 Å². The van der Waals surface area contributed by atoms with Crippen molar-refractivity contribution in [3.8, 4) is 0 Å². The van der Waals surface area contributed by atoms with Gasteiger partial charge in [0.25, 0.3) is 0 Å². The number of methoxy groups -OCH3 is 1. The van der Waals surface area contributed by atoms with Crippen LogP contribution in [0.25, 0.3) is 0 Å². The lowest BCUT2D eigenvalue weighted by Crippen LogP contribution is -2.44. The molecule has 3 nitrogen and oxygen atoms in total. The van der Waals surface area contributed by atoms with Crippen molar-refractivity contribution < 1.29 is 14.3 Å². The molecule has 70 valence electrons. The Morgan fingerprint density at radius 1 is 1.62 bits per heavy atom. The van der Waals surface area contributed by atoms with E-state index in [1.807, 2.05) is 13.8 Å². The van der Waals surface area contributed by atoms with Crippen LogP contribution in [0, 0.1) is 0 Å². The van der Waals surface area contributed by atoms with Crippen LogP contribution in [0.3, 0.4) is 0 Å². The second-order valence-corrected chi connectivity index (χ2v) is 3.49. The molecule has 0 amide bonds. The second-order valence-electron chi connectivity index (χ2n) is 3.49. The van der Waals surface area contributed by atoms with E-state index in [4.69, 9.17) is 9.47 Å². The highest BCUT2D eigenvalue weighted by atomic mass is 16.5. The maximum absolute atomic E-state index is 10.9. The van der Waals surface area contributed by atoms with E-state index in [-0.39, 0.29) is 0 Å². The molecule has 1 heterocycles. The fourth-order valence-corrected chi connectivity index (χ4v) is 2.05. The van der Waals surface area contributed by atoms with Crippen LogP contribution >= 0.6 is 0 Å². The van der Waals surface area contributed by atoms with Gasteiger partial charge in [-0.2, -0.15) is 0 Å². The Labute approximate surface area is 77.0 Å². The molecule has 0 bridgehead atoms. The van der Waals surface area contributed by atoms with Gasteiger partial charge in [0.15, 0.2) is 6.29 Å². The Balaban J connectivity index is 2.55. The first-order valence-electron chi connectivity index (χ1n) is 4.23. The van der Waals surface area contributed by atoms with E-state index in [0.29, 0.717) is 17.9 Å².